The minimum absolute atomic E-state index is 0.164. The van der Waals surface area contributed by atoms with Gasteiger partial charge in [0.15, 0.2) is 0 Å². The second kappa shape index (κ2) is 2.44. The third-order valence-electron chi connectivity index (χ3n) is 3.46. The summed E-state index contributed by atoms with van der Waals surface area (Å²) >= 11 is 2.25. The van der Waals surface area contributed by atoms with Crippen LogP contribution in [0.5, 0.6) is 0 Å². The van der Waals surface area contributed by atoms with Crippen LogP contribution in [0.25, 0.3) is 0 Å². The minimum atomic E-state index is -0.261. The summed E-state index contributed by atoms with van der Waals surface area (Å²) in [4.78, 5) is 11.5. The van der Waals surface area contributed by atoms with Gasteiger partial charge in [0.1, 0.15) is 5.78 Å². The molecule has 1 N–H and O–H groups in total. The number of aliphatic hydroxyl groups excluding tert-OH is 1. The van der Waals surface area contributed by atoms with Crippen LogP contribution in [0.2, 0.25) is 0 Å². The first-order valence-corrected chi connectivity index (χ1v) is 5.57. The lowest BCUT2D eigenvalue weighted by atomic mass is 9.55. The summed E-state index contributed by atoms with van der Waals surface area (Å²) in [5.41, 5.74) is -0.260. The smallest absolute Gasteiger partial charge is 0.142 e. The lowest BCUT2D eigenvalue weighted by Gasteiger charge is -2.47. The van der Waals surface area contributed by atoms with Gasteiger partial charge in [-0.05, 0) is 6.42 Å². The van der Waals surface area contributed by atoms with Crippen LogP contribution in [0, 0.1) is 17.3 Å². The van der Waals surface area contributed by atoms with E-state index in [-0.39, 0.29) is 27.3 Å². The van der Waals surface area contributed by atoms with Crippen molar-refractivity contribution < 1.29 is 9.90 Å². The predicted molar refractivity (Wildman–Crippen MR) is 54.2 cm³/mol. The highest BCUT2D eigenvalue weighted by Crippen LogP contribution is 2.57. The van der Waals surface area contributed by atoms with E-state index in [9.17, 15) is 9.90 Å². The molecule has 2 rings (SSSR count). The molecule has 0 aromatic rings. The largest absolute Gasteiger partial charge is 0.392 e. The van der Waals surface area contributed by atoms with E-state index in [1.54, 1.807) is 0 Å². The normalized spacial score (nSPS) is 50.2. The number of carbonyl (C=O) groups excluding carboxylic acids is 1. The first-order valence-electron chi connectivity index (χ1n) is 4.32. The van der Waals surface area contributed by atoms with E-state index < -0.39 is 0 Å². The highest BCUT2D eigenvalue weighted by atomic mass is 127. The molecule has 68 valence electrons. The number of aliphatic hydroxyl groups is 1. The van der Waals surface area contributed by atoms with E-state index in [0.29, 0.717) is 5.78 Å². The number of carbonyl (C=O) groups is 1. The molecule has 12 heavy (non-hydrogen) atoms. The molecule has 2 fully saturated rings. The Bertz CT molecular complexity index is 237. The average Bonchev–Trinajstić information content (AvgIpc) is 2.27. The quantitative estimate of drug-likeness (QED) is 0.538. The molecule has 0 aromatic carbocycles. The zero-order valence-electron chi connectivity index (χ0n) is 7.25. The zero-order chi connectivity index (χ0) is 9.09. The Morgan fingerprint density at radius 1 is 1.58 bits per heavy atom. The molecular weight excluding hydrogens is 267 g/mol. The standard InChI is InChI=1S/C9H13IO2/c1-9(2)6-4(8(9)12)3-5(10)7(6)11/h4-7,11H,3H2,1-2H3. The molecule has 4 unspecified atom stereocenters. The third kappa shape index (κ3) is 0.867. The molecule has 2 aliphatic rings. The van der Waals surface area contributed by atoms with Crippen LogP contribution >= 0.6 is 22.6 Å². The van der Waals surface area contributed by atoms with Gasteiger partial charge in [0, 0.05) is 21.2 Å². The molecule has 0 spiro atoms. The third-order valence-corrected chi connectivity index (χ3v) is 4.70. The van der Waals surface area contributed by atoms with Crippen molar-refractivity contribution in [2.45, 2.75) is 30.3 Å². The summed E-state index contributed by atoms with van der Waals surface area (Å²) in [5.74, 6) is 0.745. The fourth-order valence-corrected chi connectivity index (χ4v) is 3.73. The van der Waals surface area contributed by atoms with Crippen molar-refractivity contribution in [3.8, 4) is 0 Å². The first-order chi connectivity index (χ1) is 5.46. The summed E-state index contributed by atoms with van der Waals surface area (Å²) in [6.45, 7) is 3.91. The van der Waals surface area contributed by atoms with Gasteiger partial charge in [-0.3, -0.25) is 4.79 Å². The molecule has 4 atom stereocenters. The zero-order valence-corrected chi connectivity index (χ0v) is 9.41. The molecule has 2 aliphatic carbocycles. The molecule has 3 heteroatoms. The van der Waals surface area contributed by atoms with Crippen LogP contribution in [0.15, 0.2) is 0 Å². The second-order valence-electron chi connectivity index (χ2n) is 4.46. The monoisotopic (exact) mass is 280 g/mol. The van der Waals surface area contributed by atoms with Gasteiger partial charge >= 0.3 is 0 Å². The Labute approximate surface area is 85.9 Å². The molecular formula is C9H13IO2. The summed E-state index contributed by atoms with van der Waals surface area (Å²) in [5, 5.41) is 9.78. The van der Waals surface area contributed by atoms with Crippen LogP contribution in [0.4, 0.5) is 0 Å². The maximum Gasteiger partial charge on any atom is 0.142 e. The summed E-state index contributed by atoms with van der Waals surface area (Å²) in [6.07, 6.45) is 0.623. The van der Waals surface area contributed by atoms with Crippen LogP contribution < -0.4 is 0 Å². The number of ketones is 1. The lowest BCUT2D eigenvalue weighted by molar-refractivity contribution is -0.156. The number of hydrogen-bond acceptors (Lipinski definition) is 2. The molecule has 0 heterocycles. The highest BCUT2D eigenvalue weighted by molar-refractivity contribution is 14.1. The molecule has 2 saturated carbocycles. The van der Waals surface area contributed by atoms with Crippen molar-refractivity contribution in [3.63, 3.8) is 0 Å². The van der Waals surface area contributed by atoms with E-state index in [4.69, 9.17) is 0 Å². The van der Waals surface area contributed by atoms with E-state index in [0.717, 1.165) is 6.42 Å². The number of fused-ring (bicyclic) bond motifs is 1. The number of alkyl halides is 1. The van der Waals surface area contributed by atoms with Crippen molar-refractivity contribution in [2.24, 2.45) is 17.3 Å². The fraction of sp³-hybridized carbons (Fsp3) is 0.889. The van der Waals surface area contributed by atoms with Crippen LogP contribution in [0.3, 0.4) is 0 Å². The van der Waals surface area contributed by atoms with Crippen LogP contribution in [-0.4, -0.2) is 20.9 Å². The Morgan fingerprint density at radius 2 is 2.17 bits per heavy atom. The Morgan fingerprint density at radius 3 is 2.67 bits per heavy atom. The lowest BCUT2D eigenvalue weighted by Crippen LogP contribution is -2.55. The number of halogens is 1. The first kappa shape index (κ1) is 8.94. The van der Waals surface area contributed by atoms with Gasteiger partial charge in [-0.1, -0.05) is 36.4 Å². The van der Waals surface area contributed by atoms with Crippen LogP contribution in [-0.2, 0) is 4.79 Å². The molecule has 0 saturated heterocycles. The van der Waals surface area contributed by atoms with E-state index in [1.165, 1.54) is 0 Å². The highest BCUT2D eigenvalue weighted by Gasteiger charge is 2.63. The predicted octanol–water partition coefficient (Wildman–Crippen LogP) is 1.40. The van der Waals surface area contributed by atoms with Crippen molar-refractivity contribution in [3.05, 3.63) is 0 Å². The molecule has 0 bridgehead atoms. The Balaban J connectivity index is 2.26. The van der Waals surface area contributed by atoms with E-state index in [2.05, 4.69) is 22.6 Å². The van der Waals surface area contributed by atoms with Gasteiger partial charge in [0.05, 0.1) is 6.10 Å². The average molecular weight is 280 g/mol. The molecule has 2 nitrogen and oxygen atoms in total. The summed E-state index contributed by atoms with van der Waals surface area (Å²) < 4.78 is 0.281. The Kier molecular flexibility index (Phi) is 1.82. The van der Waals surface area contributed by atoms with Gasteiger partial charge < -0.3 is 5.11 Å². The van der Waals surface area contributed by atoms with Gasteiger partial charge in [-0.2, -0.15) is 0 Å². The SMILES string of the molecule is CC1(C)C(=O)C2CC(I)C(O)C21. The molecule has 0 amide bonds. The topological polar surface area (TPSA) is 37.3 Å². The summed E-state index contributed by atoms with van der Waals surface area (Å²) in [6, 6.07) is 0. The molecule has 0 radical (unpaired) electrons. The van der Waals surface area contributed by atoms with Crippen molar-refractivity contribution in [1.29, 1.82) is 0 Å². The Hall–Kier alpha value is 0.360. The summed E-state index contributed by atoms with van der Waals surface area (Å²) in [7, 11) is 0. The number of rotatable bonds is 0. The van der Waals surface area contributed by atoms with Crippen LogP contribution in [0.1, 0.15) is 20.3 Å². The minimum Gasteiger partial charge on any atom is -0.392 e. The van der Waals surface area contributed by atoms with Crippen molar-refractivity contribution in [2.75, 3.05) is 0 Å². The van der Waals surface area contributed by atoms with Gasteiger partial charge in [-0.25, -0.2) is 0 Å². The van der Waals surface area contributed by atoms with Gasteiger partial charge in [0.2, 0.25) is 0 Å². The van der Waals surface area contributed by atoms with E-state index >= 15 is 0 Å². The maximum absolute atomic E-state index is 11.5. The maximum atomic E-state index is 11.5. The van der Waals surface area contributed by atoms with Gasteiger partial charge in [-0.15, -0.1) is 0 Å². The van der Waals surface area contributed by atoms with Crippen molar-refractivity contribution >= 4 is 28.4 Å². The van der Waals surface area contributed by atoms with E-state index in [1.807, 2.05) is 13.8 Å². The van der Waals surface area contributed by atoms with Gasteiger partial charge in [0.25, 0.3) is 0 Å². The fourth-order valence-electron chi connectivity index (χ4n) is 2.74. The van der Waals surface area contributed by atoms with Crippen molar-refractivity contribution in [1.82, 2.24) is 0 Å². The molecule has 0 aromatic heterocycles. The second-order valence-corrected chi connectivity index (χ2v) is 6.06. The molecule has 0 aliphatic heterocycles. The number of hydrogen-bond donors (Lipinski definition) is 1. The number of Topliss-reactive ketones (excluding diaryl/α,β-unsaturated/α-hetero) is 1.